The van der Waals surface area contributed by atoms with Crippen molar-refractivity contribution in [1.29, 1.82) is 0 Å². The van der Waals surface area contributed by atoms with Gasteiger partial charge in [-0.15, -0.1) is 0 Å². The van der Waals surface area contributed by atoms with Crippen molar-refractivity contribution in [3.8, 4) is 51.4 Å². The van der Waals surface area contributed by atoms with Gasteiger partial charge in [0.15, 0.2) is 5.75 Å². The summed E-state index contributed by atoms with van der Waals surface area (Å²) >= 11 is 0. The number of hydrogen-bond donors (Lipinski definition) is 0. The second-order valence-corrected chi connectivity index (χ2v) is 7.56. The normalized spacial score (nSPS) is 10.5. The minimum absolute atomic E-state index is 0.0659. The van der Waals surface area contributed by atoms with E-state index in [1.807, 2.05) is 103 Å². The van der Waals surface area contributed by atoms with E-state index >= 15 is 0 Å². The molecular weight excluding hydrogens is 424 g/mol. The number of para-hydroxylation sites is 3. The highest BCUT2D eigenvalue weighted by Crippen LogP contribution is 2.46. The van der Waals surface area contributed by atoms with Gasteiger partial charge in [0.25, 0.3) is 0 Å². The quantitative estimate of drug-likeness (QED) is 0.251. The highest BCUT2D eigenvalue weighted by molar-refractivity contribution is 5.79. The van der Waals surface area contributed by atoms with E-state index < -0.39 is 0 Å². The molecule has 1 radical (unpaired) electrons. The van der Waals surface area contributed by atoms with Crippen molar-refractivity contribution in [1.82, 2.24) is 0 Å². The van der Waals surface area contributed by atoms with Gasteiger partial charge in [-0.2, -0.15) is 0 Å². The summed E-state index contributed by atoms with van der Waals surface area (Å²) < 4.78 is 18.8. The maximum Gasteiger partial charge on any atom is 0.178 e. The van der Waals surface area contributed by atoms with Gasteiger partial charge >= 0.3 is 0 Å². The average Bonchev–Trinajstić information content (AvgIpc) is 2.87. The van der Waals surface area contributed by atoms with Gasteiger partial charge in [-0.3, -0.25) is 5.11 Å². The highest BCUT2D eigenvalue weighted by Gasteiger charge is 2.19. The molecule has 0 aliphatic rings. The monoisotopic (exact) mass is 445 g/mol. The van der Waals surface area contributed by atoms with Crippen LogP contribution in [-0.2, 0) is 5.11 Å². The molecule has 5 aromatic rings. The van der Waals surface area contributed by atoms with E-state index in [1.165, 1.54) is 12.1 Å². The molecule has 0 aliphatic carbocycles. The first kappa shape index (κ1) is 21.2. The average molecular weight is 445 g/mol. The molecule has 4 heteroatoms. The van der Waals surface area contributed by atoms with Crippen LogP contribution in [0, 0.1) is 0 Å². The van der Waals surface area contributed by atoms with Crippen molar-refractivity contribution >= 4 is 0 Å². The standard InChI is InChI=1S/C30H21O4/c31-23-18-16-22(17-19-23)30-28(33-25-12-6-2-7-13-25)20-27(32-24-10-4-1-5-11-24)21-29(30)34-26-14-8-3-9-15-26/h1-21H. The summed E-state index contributed by atoms with van der Waals surface area (Å²) in [7, 11) is 0. The second kappa shape index (κ2) is 9.84. The third kappa shape index (κ3) is 5.03. The molecule has 5 rings (SSSR count). The zero-order valence-electron chi connectivity index (χ0n) is 18.3. The van der Waals surface area contributed by atoms with Crippen molar-refractivity contribution in [2.24, 2.45) is 0 Å². The maximum atomic E-state index is 11.8. The molecule has 0 unspecified atom stereocenters. The minimum Gasteiger partial charge on any atom is -0.457 e. The molecule has 0 fully saturated rings. The van der Waals surface area contributed by atoms with Crippen LogP contribution in [0.3, 0.4) is 0 Å². The smallest absolute Gasteiger partial charge is 0.178 e. The van der Waals surface area contributed by atoms with Crippen LogP contribution in [-0.4, -0.2) is 0 Å². The Balaban J connectivity index is 1.67. The summed E-state index contributed by atoms with van der Waals surface area (Å²) in [6.07, 6.45) is 0. The Morgan fingerprint density at radius 3 is 1.26 bits per heavy atom. The van der Waals surface area contributed by atoms with Gasteiger partial charge < -0.3 is 14.2 Å². The summed E-state index contributed by atoms with van der Waals surface area (Å²) in [5, 5.41) is 11.8. The van der Waals surface area contributed by atoms with Crippen molar-refractivity contribution in [2.45, 2.75) is 0 Å². The lowest BCUT2D eigenvalue weighted by Crippen LogP contribution is -1.95. The Hall–Kier alpha value is -4.70. The lowest BCUT2D eigenvalue weighted by atomic mass is 10.0. The van der Waals surface area contributed by atoms with Crippen LogP contribution in [0.25, 0.3) is 11.1 Å². The third-order valence-corrected chi connectivity index (χ3v) is 5.10. The van der Waals surface area contributed by atoms with Crippen LogP contribution in [0.1, 0.15) is 0 Å². The molecule has 0 bridgehead atoms. The van der Waals surface area contributed by atoms with Crippen LogP contribution < -0.4 is 14.2 Å². The topological polar surface area (TPSA) is 47.6 Å². The first-order valence-corrected chi connectivity index (χ1v) is 10.9. The SMILES string of the molecule is [O]c1ccc(-c2c(Oc3ccccc3)cc(Oc3ccccc3)cc2Oc2ccccc2)cc1. The van der Waals surface area contributed by atoms with E-state index in [-0.39, 0.29) is 5.75 Å². The summed E-state index contributed by atoms with van der Waals surface area (Å²) in [6, 6.07) is 38.8. The molecule has 34 heavy (non-hydrogen) atoms. The van der Waals surface area contributed by atoms with Gasteiger partial charge in [0.1, 0.15) is 34.5 Å². The summed E-state index contributed by atoms with van der Waals surface area (Å²) in [5.74, 6) is 3.63. The Labute approximate surface area is 198 Å². The van der Waals surface area contributed by atoms with Gasteiger partial charge in [0, 0.05) is 12.1 Å². The highest BCUT2D eigenvalue weighted by atomic mass is 16.5. The van der Waals surface area contributed by atoms with E-state index in [0.29, 0.717) is 40.1 Å². The molecule has 0 heterocycles. The molecule has 0 amide bonds. The number of benzene rings is 5. The number of rotatable bonds is 7. The van der Waals surface area contributed by atoms with Gasteiger partial charge in [0.2, 0.25) is 0 Å². The molecular formula is C30H21O4. The Kier molecular flexibility index (Phi) is 6.12. The van der Waals surface area contributed by atoms with Crippen molar-refractivity contribution < 1.29 is 19.3 Å². The van der Waals surface area contributed by atoms with Crippen LogP contribution >= 0.6 is 0 Å². The fraction of sp³-hybridized carbons (Fsp3) is 0. The second-order valence-electron chi connectivity index (χ2n) is 7.56. The van der Waals surface area contributed by atoms with Crippen LogP contribution in [0.5, 0.6) is 40.2 Å². The molecule has 0 saturated carbocycles. The molecule has 0 saturated heterocycles. The summed E-state index contributed by atoms with van der Waals surface area (Å²) in [5.41, 5.74) is 1.51. The van der Waals surface area contributed by atoms with E-state index in [4.69, 9.17) is 14.2 Å². The Morgan fingerprint density at radius 2 is 0.824 bits per heavy atom. The van der Waals surface area contributed by atoms with Crippen molar-refractivity contribution in [3.05, 3.63) is 127 Å². The molecule has 0 aliphatic heterocycles. The summed E-state index contributed by atoms with van der Waals surface area (Å²) in [4.78, 5) is 0. The molecule has 0 N–H and O–H groups in total. The fourth-order valence-electron chi connectivity index (χ4n) is 3.55. The number of ether oxygens (including phenoxy) is 3. The van der Waals surface area contributed by atoms with E-state index in [9.17, 15) is 5.11 Å². The van der Waals surface area contributed by atoms with Crippen LogP contribution in [0.15, 0.2) is 127 Å². The van der Waals surface area contributed by atoms with Crippen molar-refractivity contribution in [2.75, 3.05) is 0 Å². The first-order chi connectivity index (χ1) is 16.7. The van der Waals surface area contributed by atoms with Gasteiger partial charge in [-0.25, -0.2) is 0 Å². The van der Waals surface area contributed by atoms with Crippen LogP contribution in [0.4, 0.5) is 0 Å². The van der Waals surface area contributed by atoms with Crippen LogP contribution in [0.2, 0.25) is 0 Å². The van der Waals surface area contributed by atoms with Gasteiger partial charge in [-0.1, -0.05) is 66.7 Å². The molecule has 5 aromatic carbocycles. The van der Waals surface area contributed by atoms with E-state index in [1.54, 1.807) is 12.1 Å². The molecule has 0 aromatic heterocycles. The lowest BCUT2D eigenvalue weighted by molar-refractivity contribution is 0.355. The minimum atomic E-state index is -0.0659. The Morgan fingerprint density at radius 1 is 0.412 bits per heavy atom. The van der Waals surface area contributed by atoms with Gasteiger partial charge in [0.05, 0.1) is 5.56 Å². The van der Waals surface area contributed by atoms with E-state index in [0.717, 1.165) is 5.56 Å². The third-order valence-electron chi connectivity index (χ3n) is 5.10. The largest absolute Gasteiger partial charge is 0.457 e. The molecule has 0 spiro atoms. The number of hydrogen-bond acceptors (Lipinski definition) is 3. The predicted molar refractivity (Wildman–Crippen MR) is 132 cm³/mol. The van der Waals surface area contributed by atoms with E-state index in [2.05, 4.69) is 0 Å². The molecule has 0 atom stereocenters. The van der Waals surface area contributed by atoms with Gasteiger partial charge in [-0.05, 0) is 54.1 Å². The Bertz CT molecular complexity index is 1290. The predicted octanol–water partition coefficient (Wildman–Crippen LogP) is 8.87. The first-order valence-electron chi connectivity index (χ1n) is 10.9. The fourth-order valence-corrected chi connectivity index (χ4v) is 3.55. The summed E-state index contributed by atoms with van der Waals surface area (Å²) in [6.45, 7) is 0. The zero-order chi connectivity index (χ0) is 23.2. The lowest BCUT2D eigenvalue weighted by Gasteiger charge is -2.18. The molecule has 4 nitrogen and oxygen atoms in total. The maximum absolute atomic E-state index is 11.8. The molecule has 165 valence electrons. The zero-order valence-corrected chi connectivity index (χ0v) is 18.3. The van der Waals surface area contributed by atoms with Crippen molar-refractivity contribution in [3.63, 3.8) is 0 Å².